The minimum absolute atomic E-state index is 0.0251. The molecule has 4 saturated carbocycles. The summed E-state index contributed by atoms with van der Waals surface area (Å²) >= 11 is 0. The molecule has 4 aliphatic carbocycles. The first-order valence-corrected chi connectivity index (χ1v) is 20.8. The monoisotopic (exact) mass is 768 g/mol. The summed E-state index contributed by atoms with van der Waals surface area (Å²) in [5.41, 5.74) is 10.2. The first-order valence-electron chi connectivity index (χ1n) is 20.8. The van der Waals surface area contributed by atoms with Gasteiger partial charge in [0.25, 0.3) is 0 Å². The van der Waals surface area contributed by atoms with Crippen LogP contribution in [0.15, 0.2) is 0 Å². The summed E-state index contributed by atoms with van der Waals surface area (Å²) in [4.78, 5) is 32.2. The number of nitrogens with two attached hydrogens (primary N) is 3. The van der Waals surface area contributed by atoms with E-state index in [1.807, 2.05) is 0 Å². The van der Waals surface area contributed by atoms with Gasteiger partial charge in [-0.25, -0.2) is 0 Å². The number of guanidine groups is 1. The van der Waals surface area contributed by atoms with Gasteiger partial charge >= 0.3 is 5.96 Å². The minimum Gasteiger partial charge on any atom is -0.394 e. The predicted octanol–water partition coefficient (Wildman–Crippen LogP) is -3.02. The molecule has 0 radical (unpaired) electrons. The number of rotatable bonds is 12. The van der Waals surface area contributed by atoms with Gasteiger partial charge in [-0.1, -0.05) is 38.5 Å². The number of ketones is 2. The van der Waals surface area contributed by atoms with Crippen LogP contribution in [0.4, 0.5) is 0 Å². The summed E-state index contributed by atoms with van der Waals surface area (Å²) in [5, 5.41) is 62.2. The van der Waals surface area contributed by atoms with Crippen molar-refractivity contribution < 1.29 is 59.6 Å². The SMILES string of the molecule is C[NH+]=C(N)NCC1C(CCC2CCCCC2)CC2C(=O)C3CC(OC)CC(O[C@H]4O[C@H](CO)[C@](O)(CCC5CC[NH2+]C(N)C5)[C@H](O)[C@H]4O)C3C(=O)C2C1O. The number of quaternary nitrogens is 1. The van der Waals surface area contributed by atoms with Crippen molar-refractivity contribution in [1.29, 1.82) is 0 Å². The zero-order chi connectivity index (χ0) is 38.7. The standard InChI is InChI=1S/C39H67N5O10/c1-42-38(41)44-18-26-22(9-8-20-6-4-3-5-7-20)15-24-31(33(26)47)34(48)30-25(32(24)46)16-23(52-2)17-27(30)53-37-35(49)36(50)39(51,28(19-45)54-37)12-10-21-11-13-43-29(40)14-21/h20-31,33,35-37,43,45,47,49-51H,3-19,40H2,1-2H3,(H3,41,42,44)/p+2/t21?,22?,23?,24?,25?,26?,27?,28-,29?,30?,31?,33?,35-,36-,37+,39-/m1/s1. The quantitative estimate of drug-likeness (QED) is 0.0702. The summed E-state index contributed by atoms with van der Waals surface area (Å²) in [6.45, 7) is 0.570. The Balaban J connectivity index is 1.20. The van der Waals surface area contributed by atoms with Crippen LogP contribution in [-0.4, -0.2) is 132 Å². The van der Waals surface area contributed by atoms with Gasteiger partial charge in [-0.05, 0) is 56.3 Å². The number of hydrogen-bond acceptors (Lipinski definition) is 11. The molecule has 13 N–H and O–H groups in total. The largest absolute Gasteiger partial charge is 0.394 e. The summed E-state index contributed by atoms with van der Waals surface area (Å²) in [5.74, 6) is -2.60. The lowest BCUT2D eigenvalue weighted by Gasteiger charge is -2.53. The van der Waals surface area contributed by atoms with Crippen LogP contribution in [0.3, 0.4) is 0 Å². The van der Waals surface area contributed by atoms with Gasteiger partial charge in [-0.3, -0.25) is 31.4 Å². The number of methoxy groups -OCH3 is 1. The molecular formula is C39H69N5O10+2. The number of aliphatic hydroxyl groups excluding tert-OH is 4. The van der Waals surface area contributed by atoms with E-state index in [9.17, 15) is 35.1 Å². The fourth-order valence-corrected chi connectivity index (χ4v) is 11.3. The van der Waals surface area contributed by atoms with E-state index in [4.69, 9.17) is 25.7 Å². The van der Waals surface area contributed by atoms with E-state index in [1.54, 1.807) is 14.2 Å². The highest BCUT2D eigenvalue weighted by atomic mass is 16.7. The van der Waals surface area contributed by atoms with Crippen molar-refractivity contribution in [2.24, 2.45) is 58.8 Å². The topological polar surface area (TPSA) is 258 Å². The molecule has 0 aromatic rings. The van der Waals surface area contributed by atoms with Gasteiger partial charge in [0.2, 0.25) is 0 Å². The maximum absolute atomic E-state index is 14.7. The molecule has 2 saturated heterocycles. The second kappa shape index (κ2) is 18.2. The Morgan fingerprint density at radius 2 is 1.70 bits per heavy atom. The van der Waals surface area contributed by atoms with Crippen molar-refractivity contribution in [3.63, 3.8) is 0 Å². The predicted molar refractivity (Wildman–Crippen MR) is 196 cm³/mol. The highest BCUT2D eigenvalue weighted by Gasteiger charge is 2.62. The van der Waals surface area contributed by atoms with Gasteiger partial charge < -0.3 is 45.1 Å². The van der Waals surface area contributed by atoms with Gasteiger partial charge in [-0.15, -0.1) is 0 Å². The second-order valence-electron chi connectivity index (χ2n) is 17.6. The number of aliphatic hydroxyl groups is 5. The lowest BCUT2D eigenvalue weighted by atomic mass is 9.53. The molecule has 11 unspecified atom stereocenters. The maximum atomic E-state index is 14.7. The van der Waals surface area contributed by atoms with Crippen molar-refractivity contribution >= 4 is 17.5 Å². The molecule has 0 amide bonds. The Labute approximate surface area is 319 Å². The molecule has 0 spiro atoms. The zero-order valence-electron chi connectivity index (χ0n) is 32.3. The fraction of sp³-hybridized carbons (Fsp3) is 0.923. The number of hydrogen-bond donors (Lipinski definition) is 10. The number of carbonyl (C=O) groups is 2. The van der Waals surface area contributed by atoms with Crippen LogP contribution in [0.5, 0.6) is 0 Å². The van der Waals surface area contributed by atoms with Crippen LogP contribution in [0, 0.1) is 47.3 Å². The highest BCUT2D eigenvalue weighted by Crippen LogP contribution is 2.52. The van der Waals surface area contributed by atoms with E-state index in [1.165, 1.54) is 32.1 Å². The van der Waals surface area contributed by atoms with Crippen molar-refractivity contribution in [1.82, 2.24) is 5.32 Å². The Bertz CT molecular complexity index is 1300. The summed E-state index contributed by atoms with van der Waals surface area (Å²) in [6, 6.07) is 0. The molecule has 0 aromatic carbocycles. The van der Waals surface area contributed by atoms with Crippen LogP contribution < -0.4 is 27.1 Å². The first kappa shape index (κ1) is 41.8. The Hall–Kier alpha value is -1.79. The normalized spacial score (nSPS) is 45.1. The molecule has 6 aliphatic rings. The number of ether oxygens (including phenoxy) is 3. The van der Waals surface area contributed by atoms with Crippen LogP contribution in [0.2, 0.25) is 0 Å². The summed E-state index contributed by atoms with van der Waals surface area (Å²) in [7, 11) is 3.25. The van der Waals surface area contributed by atoms with E-state index in [-0.39, 0.29) is 48.3 Å². The zero-order valence-corrected chi connectivity index (χ0v) is 32.3. The molecule has 0 bridgehead atoms. The number of carbonyl (C=O) groups excluding carboxylic acids is 2. The van der Waals surface area contributed by atoms with E-state index in [0.717, 1.165) is 32.2 Å². The lowest BCUT2D eigenvalue weighted by molar-refractivity contribution is -0.699. The van der Waals surface area contributed by atoms with Gasteiger partial charge in [0.15, 0.2) is 6.29 Å². The molecule has 6 rings (SSSR count). The molecule has 2 aliphatic heterocycles. The fourth-order valence-electron chi connectivity index (χ4n) is 11.3. The van der Waals surface area contributed by atoms with Crippen LogP contribution in [0.1, 0.15) is 89.9 Å². The molecule has 308 valence electrons. The average Bonchev–Trinajstić information content (AvgIpc) is 3.18. The number of fused-ring (bicyclic) bond motifs is 2. The smallest absolute Gasteiger partial charge is 0.340 e. The first-order chi connectivity index (χ1) is 25.9. The second-order valence-corrected chi connectivity index (χ2v) is 17.6. The molecule has 15 heteroatoms. The maximum Gasteiger partial charge on any atom is 0.340 e. The molecule has 15 nitrogen and oxygen atoms in total. The summed E-state index contributed by atoms with van der Waals surface area (Å²) in [6.07, 6.45) is 2.61. The Kier molecular flexibility index (Phi) is 14.1. The van der Waals surface area contributed by atoms with E-state index >= 15 is 0 Å². The molecule has 2 heterocycles. The van der Waals surface area contributed by atoms with Gasteiger partial charge in [0, 0.05) is 37.7 Å². The van der Waals surface area contributed by atoms with Crippen LogP contribution in [0.25, 0.3) is 0 Å². The average molecular weight is 768 g/mol. The molecule has 0 aromatic heterocycles. The molecule has 6 fully saturated rings. The van der Waals surface area contributed by atoms with Crippen LogP contribution >= 0.6 is 0 Å². The van der Waals surface area contributed by atoms with Gasteiger partial charge in [0.05, 0.1) is 56.9 Å². The molecular weight excluding hydrogens is 698 g/mol. The molecule has 54 heavy (non-hydrogen) atoms. The number of nitrogens with one attached hydrogen (secondary N) is 2. The van der Waals surface area contributed by atoms with Crippen molar-refractivity contribution in [3.8, 4) is 0 Å². The number of piperidine rings is 1. The summed E-state index contributed by atoms with van der Waals surface area (Å²) < 4.78 is 18.2. The molecule has 16 atom stereocenters. The Morgan fingerprint density at radius 1 is 0.963 bits per heavy atom. The Morgan fingerprint density at radius 3 is 2.39 bits per heavy atom. The van der Waals surface area contributed by atoms with Crippen LogP contribution in [-0.2, 0) is 23.8 Å². The van der Waals surface area contributed by atoms with Crippen molar-refractivity contribution in [2.75, 3.05) is 33.9 Å². The van der Waals surface area contributed by atoms with E-state index < -0.39 is 78.8 Å². The number of Topliss-reactive ketones (excluding diaryl/α,β-unsaturated/α-hetero) is 2. The van der Waals surface area contributed by atoms with Gasteiger partial charge in [-0.2, -0.15) is 0 Å². The third-order valence-electron chi connectivity index (χ3n) is 14.5. The third-order valence-corrected chi connectivity index (χ3v) is 14.5. The lowest BCUT2D eigenvalue weighted by Crippen LogP contribution is -2.94. The van der Waals surface area contributed by atoms with Crippen molar-refractivity contribution in [3.05, 3.63) is 0 Å². The minimum atomic E-state index is -1.95. The third kappa shape index (κ3) is 8.70. The van der Waals surface area contributed by atoms with E-state index in [2.05, 4.69) is 15.6 Å². The van der Waals surface area contributed by atoms with E-state index in [0.29, 0.717) is 37.7 Å². The van der Waals surface area contributed by atoms with Gasteiger partial charge in [0.1, 0.15) is 41.6 Å². The highest BCUT2D eigenvalue weighted by molar-refractivity contribution is 6.00. The van der Waals surface area contributed by atoms with Crippen molar-refractivity contribution in [2.45, 2.75) is 145 Å².